The Balaban J connectivity index is 1.74. The van der Waals surface area contributed by atoms with Crippen molar-refractivity contribution in [3.05, 3.63) is 29.3 Å². The van der Waals surface area contributed by atoms with Gasteiger partial charge in [-0.1, -0.05) is 0 Å². The Labute approximate surface area is 135 Å². The summed E-state index contributed by atoms with van der Waals surface area (Å²) >= 11 is 0. The van der Waals surface area contributed by atoms with Gasteiger partial charge >= 0.3 is 0 Å². The molecule has 3 rings (SSSR count). The van der Waals surface area contributed by atoms with Gasteiger partial charge in [-0.3, -0.25) is 9.59 Å². The lowest BCUT2D eigenvalue weighted by Crippen LogP contribution is -2.36. The summed E-state index contributed by atoms with van der Waals surface area (Å²) in [6.45, 7) is 1.65. The standard InChI is InChI=1S/C15H19N3O4S/c1-23(21,22)18-6-2-5-17(7-8-18)15(20)11-3-4-13-12(9-11)10-14(19)16-13/h3-4,9H,2,5-8,10H2,1H3,(H,16,19). The third kappa shape index (κ3) is 3.37. The van der Waals surface area contributed by atoms with Crippen LogP contribution >= 0.6 is 0 Å². The Kier molecular flexibility index (Phi) is 4.11. The maximum atomic E-state index is 12.6. The normalized spacial score (nSPS) is 19.2. The highest BCUT2D eigenvalue weighted by Gasteiger charge is 2.25. The van der Waals surface area contributed by atoms with Crippen LogP contribution < -0.4 is 5.32 Å². The zero-order valence-electron chi connectivity index (χ0n) is 12.9. The first-order chi connectivity index (χ1) is 10.8. The fourth-order valence-corrected chi connectivity index (χ4v) is 3.85. The summed E-state index contributed by atoms with van der Waals surface area (Å²) in [4.78, 5) is 25.7. The molecule has 1 N–H and O–H groups in total. The molecule has 1 saturated heterocycles. The van der Waals surface area contributed by atoms with E-state index in [0.717, 1.165) is 11.3 Å². The van der Waals surface area contributed by atoms with Crippen LogP contribution in [0.3, 0.4) is 0 Å². The van der Waals surface area contributed by atoms with Crippen molar-refractivity contribution in [2.24, 2.45) is 0 Å². The van der Waals surface area contributed by atoms with Crippen LogP contribution in [0.2, 0.25) is 0 Å². The van der Waals surface area contributed by atoms with Gasteiger partial charge in [0.25, 0.3) is 5.91 Å². The lowest BCUT2D eigenvalue weighted by molar-refractivity contribution is -0.115. The summed E-state index contributed by atoms with van der Waals surface area (Å²) < 4.78 is 24.7. The molecule has 0 radical (unpaired) electrons. The molecule has 1 aromatic carbocycles. The number of rotatable bonds is 2. The van der Waals surface area contributed by atoms with E-state index < -0.39 is 10.0 Å². The summed E-state index contributed by atoms with van der Waals surface area (Å²) in [6.07, 6.45) is 2.09. The van der Waals surface area contributed by atoms with Gasteiger partial charge in [0.15, 0.2) is 0 Å². The van der Waals surface area contributed by atoms with Crippen LogP contribution in [0.25, 0.3) is 0 Å². The van der Waals surface area contributed by atoms with Crippen LogP contribution in [0.15, 0.2) is 18.2 Å². The molecule has 0 atom stereocenters. The molecule has 124 valence electrons. The first-order valence-electron chi connectivity index (χ1n) is 7.52. The van der Waals surface area contributed by atoms with E-state index in [9.17, 15) is 18.0 Å². The topological polar surface area (TPSA) is 86.8 Å². The molecule has 0 unspecified atom stereocenters. The minimum atomic E-state index is -3.23. The van der Waals surface area contributed by atoms with Gasteiger partial charge in [0.1, 0.15) is 0 Å². The lowest BCUT2D eigenvalue weighted by Gasteiger charge is -2.21. The van der Waals surface area contributed by atoms with Gasteiger partial charge in [0.05, 0.1) is 12.7 Å². The number of nitrogens with zero attached hydrogens (tertiary/aromatic N) is 2. The number of nitrogens with one attached hydrogen (secondary N) is 1. The van der Waals surface area contributed by atoms with Crippen molar-refractivity contribution in [3.63, 3.8) is 0 Å². The number of hydrogen-bond acceptors (Lipinski definition) is 4. The Morgan fingerprint density at radius 2 is 1.96 bits per heavy atom. The van der Waals surface area contributed by atoms with Crippen LogP contribution in [0.4, 0.5) is 5.69 Å². The third-order valence-electron chi connectivity index (χ3n) is 4.19. The minimum absolute atomic E-state index is 0.0665. The van der Waals surface area contributed by atoms with Crippen LogP contribution in [0, 0.1) is 0 Å². The molecule has 2 aliphatic rings. The van der Waals surface area contributed by atoms with Crippen molar-refractivity contribution in [1.29, 1.82) is 0 Å². The van der Waals surface area contributed by atoms with Gasteiger partial charge in [0, 0.05) is 37.4 Å². The van der Waals surface area contributed by atoms with E-state index in [-0.39, 0.29) is 18.2 Å². The van der Waals surface area contributed by atoms with Crippen LogP contribution in [0.5, 0.6) is 0 Å². The number of benzene rings is 1. The van der Waals surface area contributed by atoms with E-state index in [4.69, 9.17) is 0 Å². The molecule has 0 saturated carbocycles. The summed E-state index contributed by atoms with van der Waals surface area (Å²) in [5, 5.41) is 2.74. The largest absolute Gasteiger partial charge is 0.337 e. The van der Waals surface area contributed by atoms with Gasteiger partial charge in [-0.25, -0.2) is 12.7 Å². The monoisotopic (exact) mass is 337 g/mol. The van der Waals surface area contributed by atoms with Crippen molar-refractivity contribution < 1.29 is 18.0 Å². The molecular weight excluding hydrogens is 318 g/mol. The smallest absolute Gasteiger partial charge is 0.253 e. The molecule has 0 aromatic heterocycles. The van der Waals surface area contributed by atoms with E-state index in [2.05, 4.69) is 5.32 Å². The molecule has 0 spiro atoms. The molecule has 2 heterocycles. The summed E-state index contributed by atoms with van der Waals surface area (Å²) in [5.41, 5.74) is 2.12. The molecular formula is C15H19N3O4S. The zero-order valence-corrected chi connectivity index (χ0v) is 13.7. The van der Waals surface area contributed by atoms with Crippen molar-refractivity contribution >= 4 is 27.5 Å². The van der Waals surface area contributed by atoms with E-state index in [1.807, 2.05) is 0 Å². The van der Waals surface area contributed by atoms with Crippen molar-refractivity contribution in [1.82, 2.24) is 9.21 Å². The number of amides is 2. The second-order valence-corrected chi connectivity index (χ2v) is 7.89. The molecule has 23 heavy (non-hydrogen) atoms. The molecule has 1 aromatic rings. The van der Waals surface area contributed by atoms with E-state index in [0.29, 0.717) is 38.2 Å². The number of carbonyl (C=O) groups excluding carboxylic acids is 2. The average molecular weight is 337 g/mol. The van der Waals surface area contributed by atoms with E-state index in [1.54, 1.807) is 23.1 Å². The molecule has 1 fully saturated rings. The van der Waals surface area contributed by atoms with Crippen LogP contribution in [-0.2, 0) is 21.2 Å². The second kappa shape index (κ2) is 5.93. The SMILES string of the molecule is CS(=O)(=O)N1CCCN(C(=O)c2ccc3c(c2)CC(=O)N3)CC1. The maximum absolute atomic E-state index is 12.6. The number of fused-ring (bicyclic) bond motifs is 1. The predicted octanol–water partition coefficient (Wildman–Crippen LogP) is 0.289. The number of carbonyl (C=O) groups is 2. The summed E-state index contributed by atoms with van der Waals surface area (Å²) in [5.74, 6) is -0.189. The lowest BCUT2D eigenvalue weighted by atomic mass is 10.1. The molecule has 0 bridgehead atoms. The molecule has 0 aliphatic carbocycles. The van der Waals surface area contributed by atoms with Crippen LogP contribution in [-0.4, -0.2) is 61.9 Å². The van der Waals surface area contributed by atoms with E-state index >= 15 is 0 Å². The molecule has 7 nitrogen and oxygen atoms in total. The second-order valence-electron chi connectivity index (χ2n) is 5.90. The first-order valence-corrected chi connectivity index (χ1v) is 9.36. The highest BCUT2D eigenvalue weighted by atomic mass is 32.2. The van der Waals surface area contributed by atoms with E-state index in [1.165, 1.54) is 10.6 Å². The Morgan fingerprint density at radius 1 is 1.17 bits per heavy atom. The Bertz CT molecular complexity index is 760. The van der Waals surface area contributed by atoms with Gasteiger partial charge in [-0.05, 0) is 30.2 Å². The Morgan fingerprint density at radius 3 is 2.70 bits per heavy atom. The van der Waals surface area contributed by atoms with Crippen LogP contribution in [0.1, 0.15) is 22.3 Å². The number of sulfonamides is 1. The summed E-state index contributed by atoms with van der Waals surface area (Å²) in [7, 11) is -3.23. The highest BCUT2D eigenvalue weighted by molar-refractivity contribution is 7.88. The summed E-state index contributed by atoms with van der Waals surface area (Å²) in [6, 6.07) is 5.19. The van der Waals surface area contributed by atoms with Gasteiger partial charge in [-0.2, -0.15) is 0 Å². The number of anilines is 1. The molecule has 8 heteroatoms. The van der Waals surface area contributed by atoms with Gasteiger partial charge < -0.3 is 10.2 Å². The van der Waals surface area contributed by atoms with Crippen molar-refractivity contribution in [2.45, 2.75) is 12.8 Å². The Hall–Kier alpha value is -1.93. The minimum Gasteiger partial charge on any atom is -0.337 e. The third-order valence-corrected chi connectivity index (χ3v) is 5.49. The van der Waals surface area contributed by atoms with Crippen molar-refractivity contribution in [2.75, 3.05) is 37.8 Å². The number of hydrogen-bond donors (Lipinski definition) is 1. The van der Waals surface area contributed by atoms with Gasteiger partial charge in [0.2, 0.25) is 15.9 Å². The maximum Gasteiger partial charge on any atom is 0.253 e. The van der Waals surface area contributed by atoms with Gasteiger partial charge in [-0.15, -0.1) is 0 Å². The quantitative estimate of drug-likeness (QED) is 0.840. The van der Waals surface area contributed by atoms with Crippen molar-refractivity contribution in [3.8, 4) is 0 Å². The predicted molar refractivity (Wildman–Crippen MR) is 85.7 cm³/mol. The zero-order chi connectivity index (χ0) is 16.6. The molecule has 2 aliphatic heterocycles. The molecule has 2 amide bonds. The fourth-order valence-electron chi connectivity index (χ4n) is 2.97. The average Bonchev–Trinajstić information content (AvgIpc) is 2.70. The fraction of sp³-hybridized carbons (Fsp3) is 0.467. The first kappa shape index (κ1) is 15.9. The highest BCUT2D eigenvalue weighted by Crippen LogP contribution is 2.24.